The van der Waals surface area contributed by atoms with Crippen LogP contribution in [0.15, 0.2) is 28.7 Å². The number of aliphatic hydroxyl groups is 1. The number of halogens is 1. The zero-order valence-corrected chi connectivity index (χ0v) is 14.5. The Bertz CT molecular complexity index is 556. The van der Waals surface area contributed by atoms with Gasteiger partial charge in [-0.1, -0.05) is 12.1 Å². The van der Waals surface area contributed by atoms with Crippen molar-refractivity contribution in [3.63, 3.8) is 0 Å². The van der Waals surface area contributed by atoms with Crippen LogP contribution >= 0.6 is 0 Å². The van der Waals surface area contributed by atoms with E-state index in [-0.39, 0.29) is 30.6 Å². The van der Waals surface area contributed by atoms with Gasteiger partial charge < -0.3 is 42.9 Å². The van der Waals surface area contributed by atoms with E-state index in [0.717, 1.165) is 60.7 Å². The number of quaternary nitrogens is 1. The van der Waals surface area contributed by atoms with Crippen molar-refractivity contribution in [3.05, 3.63) is 24.3 Å². The molecule has 2 heterocycles. The van der Waals surface area contributed by atoms with Crippen LogP contribution in [0.2, 0.25) is 0 Å². The van der Waals surface area contributed by atoms with Crippen molar-refractivity contribution < 1.29 is 38.0 Å². The van der Waals surface area contributed by atoms with Crippen LogP contribution < -0.4 is 28.9 Å². The normalized spacial score (nSPS) is 22.9. The van der Waals surface area contributed by atoms with Crippen molar-refractivity contribution >= 4 is 17.1 Å². The number of aromatic nitrogens is 1. The molecule has 1 aliphatic heterocycles. The van der Waals surface area contributed by atoms with Crippen molar-refractivity contribution in [2.24, 2.45) is 0 Å². The van der Waals surface area contributed by atoms with Crippen LogP contribution in [-0.4, -0.2) is 61.0 Å². The summed E-state index contributed by atoms with van der Waals surface area (Å²) >= 11 is 0. The van der Waals surface area contributed by atoms with E-state index in [1.54, 1.807) is 0 Å². The lowest BCUT2D eigenvalue weighted by Gasteiger charge is -2.32. The highest BCUT2D eigenvalue weighted by Gasteiger charge is 2.27. The van der Waals surface area contributed by atoms with Crippen molar-refractivity contribution in [3.8, 4) is 0 Å². The molecule has 1 aromatic heterocycles. The first kappa shape index (κ1) is 16.5. The molecule has 6 heteroatoms. The molecule has 0 spiro atoms. The highest BCUT2D eigenvalue weighted by atomic mass is 127. The Kier molecular flexibility index (Phi) is 5.45. The van der Waals surface area contributed by atoms with E-state index >= 15 is 0 Å². The van der Waals surface area contributed by atoms with Crippen LogP contribution in [-0.2, 0) is 0 Å². The average molecular weight is 403 g/mol. The lowest BCUT2D eigenvalue weighted by atomic mass is 10.3. The summed E-state index contributed by atoms with van der Waals surface area (Å²) < 4.78 is 6.77. The van der Waals surface area contributed by atoms with Crippen LogP contribution in [0, 0.1) is 0 Å². The van der Waals surface area contributed by atoms with E-state index in [0.29, 0.717) is 0 Å². The molecule has 1 saturated heterocycles. The van der Waals surface area contributed by atoms with Crippen LogP contribution in [0.5, 0.6) is 0 Å². The number of rotatable bonds is 3. The minimum absolute atomic E-state index is 0. The van der Waals surface area contributed by atoms with Gasteiger partial charge in [0.05, 0.1) is 33.3 Å². The second kappa shape index (κ2) is 6.93. The zero-order chi connectivity index (χ0) is 14.0. The molecule has 116 valence electrons. The standard InChI is InChI=1S/C15H22N3O2.HI/c1-18(11-12-19)9-4-7-17(8-10-18)15-16-13-5-2-3-6-14(13)20-15;/h2-3,5-6,19H,4,7-12H2,1H3;1H/q+1;/p-1. The number of anilines is 1. The maximum atomic E-state index is 9.19. The Morgan fingerprint density at radius 2 is 2.10 bits per heavy atom. The van der Waals surface area contributed by atoms with Crippen molar-refractivity contribution in [1.82, 2.24) is 4.98 Å². The molecule has 1 N–H and O–H groups in total. The van der Waals surface area contributed by atoms with Crippen molar-refractivity contribution in [2.45, 2.75) is 6.42 Å². The van der Waals surface area contributed by atoms with Gasteiger partial charge >= 0.3 is 0 Å². The van der Waals surface area contributed by atoms with Crippen molar-refractivity contribution in [1.29, 1.82) is 0 Å². The Labute approximate surface area is 142 Å². The van der Waals surface area contributed by atoms with Gasteiger partial charge in [0.2, 0.25) is 0 Å². The van der Waals surface area contributed by atoms with Gasteiger partial charge in [0.25, 0.3) is 6.01 Å². The lowest BCUT2D eigenvalue weighted by Crippen LogP contribution is -3.00. The summed E-state index contributed by atoms with van der Waals surface area (Å²) in [7, 11) is 2.21. The number of likely N-dealkylation sites (N-methyl/N-ethyl adjacent to an activating group) is 1. The van der Waals surface area contributed by atoms with E-state index in [1.807, 2.05) is 24.3 Å². The fourth-order valence-electron chi connectivity index (χ4n) is 2.88. The molecule has 1 aliphatic rings. The molecule has 0 bridgehead atoms. The molecule has 5 nitrogen and oxygen atoms in total. The number of nitrogens with zero attached hydrogens (tertiary/aromatic N) is 3. The quantitative estimate of drug-likeness (QED) is 0.500. The molecule has 0 aliphatic carbocycles. The third kappa shape index (κ3) is 3.67. The monoisotopic (exact) mass is 403 g/mol. The topological polar surface area (TPSA) is 49.5 Å². The van der Waals surface area contributed by atoms with Crippen molar-refractivity contribution in [2.75, 3.05) is 51.3 Å². The first-order valence-corrected chi connectivity index (χ1v) is 7.25. The molecule has 3 rings (SSSR count). The van der Waals surface area contributed by atoms with Gasteiger partial charge in [-0.25, -0.2) is 0 Å². The van der Waals surface area contributed by atoms with Gasteiger partial charge in [-0.05, 0) is 12.1 Å². The summed E-state index contributed by atoms with van der Waals surface area (Å²) in [6, 6.07) is 8.60. The first-order valence-electron chi connectivity index (χ1n) is 7.25. The molecular formula is C15H22IN3O2. The predicted octanol–water partition coefficient (Wildman–Crippen LogP) is -1.52. The summed E-state index contributed by atoms with van der Waals surface area (Å²) in [5, 5.41) is 9.19. The molecular weight excluding hydrogens is 381 g/mol. The number of oxazole rings is 1. The number of aliphatic hydroxyl groups excluding tert-OH is 1. The van der Waals surface area contributed by atoms with Gasteiger partial charge in [0, 0.05) is 13.0 Å². The molecule has 1 unspecified atom stereocenters. The fraction of sp³-hybridized carbons (Fsp3) is 0.533. The van der Waals surface area contributed by atoms with Gasteiger partial charge in [-0.2, -0.15) is 4.98 Å². The highest BCUT2D eigenvalue weighted by Crippen LogP contribution is 2.23. The summed E-state index contributed by atoms with van der Waals surface area (Å²) in [5.74, 6) is 0. The van der Waals surface area contributed by atoms with Crippen LogP contribution in [0.1, 0.15) is 6.42 Å². The number of para-hydroxylation sites is 2. The summed E-state index contributed by atoms with van der Waals surface area (Å²) in [6.07, 6.45) is 1.09. The molecule has 0 saturated carbocycles. The fourth-order valence-corrected chi connectivity index (χ4v) is 2.88. The number of hydrogen-bond acceptors (Lipinski definition) is 4. The van der Waals surface area contributed by atoms with E-state index in [9.17, 15) is 5.11 Å². The van der Waals surface area contributed by atoms with E-state index < -0.39 is 0 Å². The van der Waals surface area contributed by atoms with E-state index in [2.05, 4.69) is 16.9 Å². The molecule has 0 radical (unpaired) electrons. The molecule has 21 heavy (non-hydrogen) atoms. The van der Waals surface area contributed by atoms with Crippen LogP contribution in [0.25, 0.3) is 11.1 Å². The SMILES string of the molecule is C[N+]1(CCO)CCCN(c2nc3ccccc3o2)CC1.[I-]. The number of fused-ring (bicyclic) bond motifs is 1. The third-order valence-electron chi connectivity index (χ3n) is 4.23. The third-order valence-corrected chi connectivity index (χ3v) is 4.23. The van der Waals surface area contributed by atoms with Crippen LogP contribution in [0.4, 0.5) is 6.01 Å². The van der Waals surface area contributed by atoms with Gasteiger partial charge in [-0.3, -0.25) is 0 Å². The zero-order valence-electron chi connectivity index (χ0n) is 12.3. The molecule has 2 aromatic rings. The number of hydrogen-bond donors (Lipinski definition) is 1. The maximum Gasteiger partial charge on any atom is 0.298 e. The number of benzene rings is 1. The van der Waals surface area contributed by atoms with E-state index in [4.69, 9.17) is 4.42 Å². The molecule has 1 atom stereocenters. The smallest absolute Gasteiger partial charge is 0.298 e. The lowest BCUT2D eigenvalue weighted by molar-refractivity contribution is -0.907. The van der Waals surface area contributed by atoms with E-state index in [1.165, 1.54) is 0 Å². The average Bonchev–Trinajstić information content (AvgIpc) is 2.77. The van der Waals surface area contributed by atoms with Gasteiger partial charge in [0.15, 0.2) is 5.58 Å². The summed E-state index contributed by atoms with van der Waals surface area (Å²) in [6.45, 7) is 5.06. The minimum atomic E-state index is 0. The molecule has 0 amide bonds. The second-order valence-electron chi connectivity index (χ2n) is 5.82. The Morgan fingerprint density at radius 3 is 2.86 bits per heavy atom. The summed E-state index contributed by atoms with van der Waals surface area (Å²) in [5.41, 5.74) is 1.76. The largest absolute Gasteiger partial charge is 1.00 e. The van der Waals surface area contributed by atoms with Crippen LogP contribution in [0.3, 0.4) is 0 Å². The maximum absolute atomic E-state index is 9.19. The predicted molar refractivity (Wildman–Crippen MR) is 78.7 cm³/mol. The van der Waals surface area contributed by atoms with Gasteiger partial charge in [0.1, 0.15) is 12.1 Å². The second-order valence-corrected chi connectivity index (χ2v) is 5.82. The van der Waals surface area contributed by atoms with Gasteiger partial charge in [-0.15, -0.1) is 0 Å². The molecule has 1 aromatic carbocycles. The first-order chi connectivity index (χ1) is 9.70. The summed E-state index contributed by atoms with van der Waals surface area (Å²) in [4.78, 5) is 6.80. The minimum Gasteiger partial charge on any atom is -1.00 e. The Hall–Kier alpha value is -0.860. The Balaban J connectivity index is 0.00000161. The molecule has 1 fully saturated rings. The highest BCUT2D eigenvalue weighted by molar-refractivity contribution is 5.74. The Morgan fingerprint density at radius 1 is 1.29 bits per heavy atom.